The number of aryl methyl sites for hydroxylation is 1. The molecule has 0 unspecified atom stereocenters. The molecule has 3 heterocycles. The number of nitrogens with zero attached hydrogens (tertiary/aromatic N) is 3. The first-order chi connectivity index (χ1) is 14.2. The van der Waals surface area contributed by atoms with E-state index in [4.69, 9.17) is 19.2 Å². The van der Waals surface area contributed by atoms with Gasteiger partial charge >= 0.3 is 0 Å². The van der Waals surface area contributed by atoms with Gasteiger partial charge in [0.05, 0.1) is 19.9 Å². The Morgan fingerprint density at radius 2 is 1.66 bits per heavy atom. The zero-order valence-electron chi connectivity index (χ0n) is 16.5. The summed E-state index contributed by atoms with van der Waals surface area (Å²) in [5, 5.41) is 0. The van der Waals surface area contributed by atoms with E-state index in [1.165, 1.54) is 0 Å². The van der Waals surface area contributed by atoms with E-state index in [1.807, 2.05) is 55.6 Å². The first-order valence-corrected chi connectivity index (χ1v) is 9.24. The molecule has 0 saturated heterocycles. The lowest BCUT2D eigenvalue weighted by molar-refractivity contribution is 0.355. The summed E-state index contributed by atoms with van der Waals surface area (Å²) in [6, 6.07) is 11.4. The fraction of sp³-hybridized carbons (Fsp3) is 0.174. The van der Waals surface area contributed by atoms with E-state index >= 15 is 0 Å². The molecule has 0 aliphatic carbocycles. The van der Waals surface area contributed by atoms with Crippen LogP contribution in [0.3, 0.4) is 0 Å². The van der Waals surface area contributed by atoms with E-state index < -0.39 is 0 Å². The average molecular weight is 387 g/mol. The van der Waals surface area contributed by atoms with E-state index in [-0.39, 0.29) is 0 Å². The van der Waals surface area contributed by atoms with Gasteiger partial charge in [0.1, 0.15) is 11.5 Å². The van der Waals surface area contributed by atoms with Gasteiger partial charge in [-0.25, -0.2) is 4.98 Å². The van der Waals surface area contributed by atoms with E-state index in [2.05, 4.69) is 9.98 Å². The number of methoxy groups -OCH3 is 2. The van der Waals surface area contributed by atoms with Crippen LogP contribution in [0.15, 0.2) is 59.9 Å². The number of aliphatic imine (C=N–C) groups is 1. The van der Waals surface area contributed by atoms with Crippen LogP contribution in [-0.2, 0) is 0 Å². The fourth-order valence-electron chi connectivity index (χ4n) is 3.15. The van der Waals surface area contributed by atoms with E-state index in [0.717, 1.165) is 28.2 Å². The third-order valence-electron chi connectivity index (χ3n) is 4.58. The maximum absolute atomic E-state index is 6.38. The molecule has 0 N–H and O–H groups in total. The number of hydrogen-bond acceptors (Lipinski definition) is 6. The molecule has 29 heavy (non-hydrogen) atoms. The van der Waals surface area contributed by atoms with Gasteiger partial charge in [0.25, 0.3) is 0 Å². The Hall–Kier alpha value is -3.67. The molecule has 0 amide bonds. The summed E-state index contributed by atoms with van der Waals surface area (Å²) in [6.45, 7) is 1.96. The zero-order chi connectivity index (χ0) is 20.2. The van der Waals surface area contributed by atoms with Crippen LogP contribution in [0.2, 0.25) is 0 Å². The summed E-state index contributed by atoms with van der Waals surface area (Å²) >= 11 is 0. The van der Waals surface area contributed by atoms with Crippen LogP contribution in [0.5, 0.6) is 17.2 Å². The number of pyridine rings is 2. The number of fused-ring (bicyclic) bond motifs is 1. The summed E-state index contributed by atoms with van der Waals surface area (Å²) in [6.07, 6.45) is 7.98. The highest BCUT2D eigenvalue weighted by Crippen LogP contribution is 2.40. The number of ether oxygens (including phenoxy) is 3. The molecule has 1 aromatic carbocycles. The molecule has 1 aliphatic heterocycles. The van der Waals surface area contributed by atoms with Crippen LogP contribution in [-0.4, -0.2) is 30.4 Å². The van der Waals surface area contributed by atoms with Crippen molar-refractivity contribution in [3.8, 4) is 28.5 Å². The molecule has 6 heteroatoms. The van der Waals surface area contributed by atoms with Crippen LogP contribution < -0.4 is 14.2 Å². The van der Waals surface area contributed by atoms with E-state index in [9.17, 15) is 0 Å². The van der Waals surface area contributed by atoms with Crippen molar-refractivity contribution in [3.63, 3.8) is 0 Å². The lowest BCUT2D eigenvalue weighted by Crippen LogP contribution is -2.00. The summed E-state index contributed by atoms with van der Waals surface area (Å²) in [7, 11) is 3.22. The Bertz CT molecular complexity index is 1090. The van der Waals surface area contributed by atoms with Crippen molar-refractivity contribution in [2.45, 2.75) is 13.3 Å². The van der Waals surface area contributed by atoms with Gasteiger partial charge in [0.2, 0.25) is 0 Å². The van der Waals surface area contributed by atoms with Crippen molar-refractivity contribution in [3.05, 3.63) is 66.1 Å². The normalized spacial score (nSPS) is 12.6. The molecule has 0 saturated carbocycles. The van der Waals surface area contributed by atoms with Crippen molar-refractivity contribution in [2.24, 2.45) is 4.99 Å². The summed E-state index contributed by atoms with van der Waals surface area (Å²) in [5.74, 6) is 2.60. The molecule has 4 rings (SSSR count). The molecular formula is C23H21N3O3. The molecule has 0 spiro atoms. The molecule has 1 aliphatic rings. The van der Waals surface area contributed by atoms with Gasteiger partial charge in [0.15, 0.2) is 17.2 Å². The molecule has 6 nitrogen and oxygen atoms in total. The Morgan fingerprint density at radius 1 is 0.897 bits per heavy atom. The predicted molar refractivity (Wildman–Crippen MR) is 113 cm³/mol. The lowest BCUT2D eigenvalue weighted by atomic mass is 10.1. The molecule has 0 atom stereocenters. The maximum atomic E-state index is 6.38. The van der Waals surface area contributed by atoms with Gasteiger partial charge in [-0.15, -0.1) is 0 Å². The van der Waals surface area contributed by atoms with Crippen LogP contribution >= 0.6 is 0 Å². The van der Waals surface area contributed by atoms with Crippen molar-refractivity contribution in [1.82, 2.24) is 9.97 Å². The number of aromatic nitrogens is 2. The first-order valence-electron chi connectivity index (χ1n) is 9.24. The third kappa shape index (κ3) is 3.82. The standard InChI is InChI=1S/C23H21N3O3/c1-15-6-7-20(23(26-15)16-8-11-24-12-9-16)29-19-5-4-10-25-18-14-22(28-3)21(27-2)13-17(18)19/h5-14H,4H2,1-3H3. The van der Waals surface area contributed by atoms with Gasteiger partial charge in [0, 0.05) is 47.9 Å². The summed E-state index contributed by atoms with van der Waals surface area (Å²) in [4.78, 5) is 13.3. The van der Waals surface area contributed by atoms with Crippen molar-refractivity contribution >= 4 is 17.7 Å². The Balaban J connectivity index is 1.78. The highest BCUT2D eigenvalue weighted by Gasteiger charge is 2.19. The summed E-state index contributed by atoms with van der Waals surface area (Å²) < 4.78 is 17.3. The monoisotopic (exact) mass is 387 g/mol. The highest BCUT2D eigenvalue weighted by atomic mass is 16.5. The molecule has 3 aromatic rings. The minimum absolute atomic E-state index is 0.620. The van der Waals surface area contributed by atoms with Gasteiger partial charge in [-0.05, 0) is 43.3 Å². The SMILES string of the molecule is COc1cc2c(cc1OC)C(Oc1ccc(C)nc1-c1ccncc1)=CCC=N2. The number of benzene rings is 1. The van der Waals surface area contributed by atoms with Gasteiger partial charge in [-0.2, -0.15) is 0 Å². The highest BCUT2D eigenvalue weighted by molar-refractivity contribution is 5.83. The third-order valence-corrected chi connectivity index (χ3v) is 4.58. The Morgan fingerprint density at radius 3 is 2.41 bits per heavy atom. The zero-order valence-corrected chi connectivity index (χ0v) is 16.5. The molecule has 0 fully saturated rings. The second kappa shape index (κ2) is 8.14. The van der Waals surface area contributed by atoms with Crippen molar-refractivity contribution in [1.29, 1.82) is 0 Å². The lowest BCUT2D eigenvalue weighted by Gasteiger charge is -2.17. The second-order valence-corrected chi connectivity index (χ2v) is 6.48. The van der Waals surface area contributed by atoms with Crippen LogP contribution in [0.4, 0.5) is 5.69 Å². The minimum Gasteiger partial charge on any atom is -0.493 e. The predicted octanol–water partition coefficient (Wildman–Crippen LogP) is 5.00. The number of hydrogen-bond donors (Lipinski definition) is 0. The van der Waals surface area contributed by atoms with Crippen LogP contribution in [0, 0.1) is 6.92 Å². The van der Waals surface area contributed by atoms with Crippen molar-refractivity contribution < 1.29 is 14.2 Å². The number of rotatable bonds is 5. The van der Waals surface area contributed by atoms with Crippen LogP contribution in [0.25, 0.3) is 17.0 Å². The molecule has 2 aromatic heterocycles. The minimum atomic E-state index is 0.620. The smallest absolute Gasteiger partial charge is 0.162 e. The Labute approximate surface area is 169 Å². The van der Waals surface area contributed by atoms with Crippen molar-refractivity contribution in [2.75, 3.05) is 14.2 Å². The van der Waals surface area contributed by atoms with Gasteiger partial charge in [-0.1, -0.05) is 0 Å². The average Bonchev–Trinajstić information content (AvgIpc) is 2.96. The van der Waals surface area contributed by atoms with Gasteiger partial charge < -0.3 is 14.2 Å². The first kappa shape index (κ1) is 18.7. The fourth-order valence-corrected chi connectivity index (χ4v) is 3.15. The molecule has 146 valence electrons. The quantitative estimate of drug-likeness (QED) is 0.617. The summed E-state index contributed by atoms with van der Waals surface area (Å²) in [5.41, 5.74) is 4.21. The largest absolute Gasteiger partial charge is 0.493 e. The Kier molecular flexibility index (Phi) is 5.24. The van der Waals surface area contributed by atoms with Gasteiger partial charge in [-0.3, -0.25) is 9.98 Å². The maximum Gasteiger partial charge on any atom is 0.162 e. The molecular weight excluding hydrogens is 366 g/mol. The van der Waals surface area contributed by atoms with Crippen LogP contribution in [0.1, 0.15) is 17.7 Å². The molecule has 0 radical (unpaired) electrons. The molecule has 0 bridgehead atoms. The second-order valence-electron chi connectivity index (χ2n) is 6.48. The van der Waals surface area contributed by atoms with E-state index in [1.54, 1.807) is 26.6 Å². The van der Waals surface area contributed by atoms with E-state index in [0.29, 0.717) is 29.4 Å². The number of allylic oxidation sites excluding steroid dienone is 1. The topological polar surface area (TPSA) is 65.8 Å².